The van der Waals surface area contributed by atoms with Gasteiger partial charge in [0, 0.05) is 37.4 Å². The molecule has 1 aliphatic carbocycles. The largest absolute Gasteiger partial charge is 0.383 e. The number of hydroxylamine groups is 1. The lowest BCUT2D eigenvalue weighted by Gasteiger charge is -2.33. The predicted octanol–water partition coefficient (Wildman–Crippen LogP) is 3.20. The predicted molar refractivity (Wildman–Crippen MR) is 133 cm³/mol. The minimum absolute atomic E-state index is 0.0473. The Labute approximate surface area is 204 Å². The number of amides is 1. The van der Waals surface area contributed by atoms with Gasteiger partial charge in [0.25, 0.3) is 5.91 Å². The summed E-state index contributed by atoms with van der Waals surface area (Å²) in [6.07, 6.45) is 3.26. The maximum absolute atomic E-state index is 11.7. The maximum Gasteiger partial charge on any atom is 0.274 e. The van der Waals surface area contributed by atoms with Crippen molar-refractivity contribution >= 4 is 28.7 Å². The molecule has 3 aromatic rings. The average molecular weight is 481 g/mol. The molecule has 2 aliphatic rings. The van der Waals surface area contributed by atoms with E-state index in [1.807, 2.05) is 25.1 Å². The number of anilines is 2. The van der Waals surface area contributed by atoms with Gasteiger partial charge in [-0.2, -0.15) is 9.97 Å². The zero-order valence-corrected chi connectivity index (χ0v) is 20.2. The standard InChI is InChI=1S/C20H20N6O3.C5H12O/c21-16-14-4-5-15(12-2-1-3-13(10-12)18(27)25-28)22-17(14)24-19(23-16)26-8-9-29-20(11-26)6-7-20;1-3-5-6-4-2/h1-5,10,28H,6-9,11H2,(H,25,27)(H2,21,22,23,24);3-5H2,1-2H3. The second-order valence-corrected chi connectivity index (χ2v) is 8.65. The number of nitrogens with zero attached hydrogens (tertiary/aromatic N) is 4. The molecule has 1 aliphatic heterocycles. The van der Waals surface area contributed by atoms with Gasteiger partial charge in [-0.1, -0.05) is 19.1 Å². The molecule has 35 heavy (non-hydrogen) atoms. The van der Waals surface area contributed by atoms with Crippen LogP contribution < -0.4 is 16.1 Å². The minimum Gasteiger partial charge on any atom is -0.383 e. The number of ether oxygens (including phenoxy) is 2. The van der Waals surface area contributed by atoms with Crippen molar-refractivity contribution in [3.8, 4) is 11.3 Å². The summed E-state index contributed by atoms with van der Waals surface area (Å²) in [5.74, 6) is 0.360. The van der Waals surface area contributed by atoms with Gasteiger partial charge < -0.3 is 20.1 Å². The van der Waals surface area contributed by atoms with Crippen LogP contribution in [0.2, 0.25) is 0 Å². The molecule has 2 fully saturated rings. The van der Waals surface area contributed by atoms with Crippen molar-refractivity contribution in [3.05, 3.63) is 42.0 Å². The number of benzene rings is 1. The first kappa shape index (κ1) is 24.8. The summed E-state index contributed by atoms with van der Waals surface area (Å²) in [7, 11) is 0. The zero-order valence-electron chi connectivity index (χ0n) is 20.2. The van der Waals surface area contributed by atoms with Crippen LogP contribution in [0.1, 0.15) is 43.5 Å². The monoisotopic (exact) mass is 480 g/mol. The Kier molecular flexibility index (Phi) is 7.74. The van der Waals surface area contributed by atoms with Crippen LogP contribution in [0.5, 0.6) is 0 Å². The van der Waals surface area contributed by atoms with Gasteiger partial charge in [0.1, 0.15) is 5.82 Å². The number of carbonyl (C=O) groups excluding carboxylic acids is 1. The Morgan fingerprint density at radius 3 is 2.74 bits per heavy atom. The van der Waals surface area contributed by atoms with Gasteiger partial charge in [-0.15, -0.1) is 0 Å². The Bertz CT molecular complexity index is 1180. The van der Waals surface area contributed by atoms with Crippen LogP contribution in [0.3, 0.4) is 0 Å². The van der Waals surface area contributed by atoms with Crippen molar-refractivity contribution in [1.82, 2.24) is 20.4 Å². The van der Waals surface area contributed by atoms with Crippen molar-refractivity contribution in [2.75, 3.05) is 43.5 Å². The van der Waals surface area contributed by atoms with E-state index in [9.17, 15) is 4.79 Å². The fraction of sp³-hybridized carbons (Fsp3) is 0.440. The van der Waals surface area contributed by atoms with Gasteiger partial charge in [0.05, 0.1) is 23.3 Å². The smallest absolute Gasteiger partial charge is 0.274 e. The van der Waals surface area contributed by atoms with Crippen LogP contribution in [0.15, 0.2) is 36.4 Å². The molecule has 1 saturated carbocycles. The Morgan fingerprint density at radius 1 is 1.23 bits per heavy atom. The Balaban J connectivity index is 0.000000431. The molecule has 5 rings (SSSR count). The molecular weight excluding hydrogens is 448 g/mol. The van der Waals surface area contributed by atoms with E-state index in [0.717, 1.165) is 44.6 Å². The van der Waals surface area contributed by atoms with Gasteiger partial charge in [-0.3, -0.25) is 10.0 Å². The van der Waals surface area contributed by atoms with Gasteiger partial charge in [0.15, 0.2) is 5.65 Å². The van der Waals surface area contributed by atoms with Crippen LogP contribution in [0.25, 0.3) is 22.3 Å². The molecule has 0 radical (unpaired) electrons. The topological polar surface area (TPSA) is 136 Å². The number of aromatic nitrogens is 3. The molecule has 0 bridgehead atoms. The molecule has 0 atom stereocenters. The second kappa shape index (κ2) is 10.9. The SMILES string of the molecule is CCCOCC.Nc1nc(N2CCOC3(CC3)C2)nc2nc(-c3cccc(C(=O)NO)c3)ccc12. The lowest BCUT2D eigenvalue weighted by molar-refractivity contribution is 0.0201. The Hall–Kier alpha value is -3.34. The highest BCUT2D eigenvalue weighted by molar-refractivity contribution is 5.95. The van der Waals surface area contributed by atoms with Gasteiger partial charge in [0.2, 0.25) is 5.95 Å². The van der Waals surface area contributed by atoms with Gasteiger partial charge in [-0.25, -0.2) is 10.5 Å². The second-order valence-electron chi connectivity index (χ2n) is 8.65. The van der Waals surface area contributed by atoms with E-state index in [2.05, 4.69) is 26.8 Å². The number of nitrogens with one attached hydrogen (secondary N) is 1. The highest BCUT2D eigenvalue weighted by Crippen LogP contribution is 2.42. The molecule has 2 aromatic heterocycles. The molecule has 1 spiro atoms. The first-order chi connectivity index (χ1) is 17.0. The average Bonchev–Trinajstić information content (AvgIpc) is 3.64. The molecule has 4 N–H and O–H groups in total. The highest BCUT2D eigenvalue weighted by Gasteiger charge is 2.48. The van der Waals surface area contributed by atoms with E-state index in [-0.39, 0.29) is 5.60 Å². The van der Waals surface area contributed by atoms with E-state index in [4.69, 9.17) is 20.4 Å². The highest BCUT2D eigenvalue weighted by atomic mass is 16.5. The van der Waals surface area contributed by atoms with Crippen molar-refractivity contribution in [3.63, 3.8) is 0 Å². The summed E-state index contributed by atoms with van der Waals surface area (Å²) in [5, 5.41) is 9.53. The summed E-state index contributed by atoms with van der Waals surface area (Å²) < 4.78 is 10.9. The normalized spacial score (nSPS) is 16.0. The lowest BCUT2D eigenvalue weighted by Crippen LogP contribution is -2.44. The third kappa shape index (κ3) is 5.84. The van der Waals surface area contributed by atoms with E-state index < -0.39 is 5.91 Å². The molecular formula is C25H32N6O4. The lowest BCUT2D eigenvalue weighted by atomic mass is 10.1. The molecule has 10 nitrogen and oxygen atoms in total. The van der Waals surface area contributed by atoms with Crippen LogP contribution in [0, 0.1) is 0 Å². The number of nitrogens with two attached hydrogens (primary N) is 1. The van der Waals surface area contributed by atoms with Crippen molar-refractivity contribution in [2.24, 2.45) is 0 Å². The first-order valence-electron chi connectivity index (χ1n) is 11.9. The van der Waals surface area contributed by atoms with Crippen LogP contribution in [-0.2, 0) is 9.47 Å². The van der Waals surface area contributed by atoms with Gasteiger partial charge >= 0.3 is 0 Å². The third-order valence-corrected chi connectivity index (χ3v) is 5.99. The van der Waals surface area contributed by atoms with Crippen LogP contribution >= 0.6 is 0 Å². The van der Waals surface area contributed by atoms with Crippen molar-refractivity contribution < 1.29 is 19.5 Å². The fourth-order valence-electron chi connectivity index (χ4n) is 3.95. The van der Waals surface area contributed by atoms with Crippen molar-refractivity contribution in [2.45, 2.75) is 38.7 Å². The number of fused-ring (bicyclic) bond motifs is 1. The minimum atomic E-state index is -0.581. The van der Waals surface area contributed by atoms with Gasteiger partial charge in [-0.05, 0) is 50.5 Å². The van der Waals surface area contributed by atoms with Crippen LogP contribution in [-0.4, -0.2) is 64.6 Å². The van der Waals surface area contributed by atoms with E-state index in [0.29, 0.717) is 47.2 Å². The number of pyridine rings is 1. The quantitative estimate of drug-likeness (QED) is 0.276. The molecule has 1 amide bonds. The number of carbonyl (C=O) groups is 1. The number of hydrogen-bond donors (Lipinski definition) is 3. The molecule has 1 aromatic carbocycles. The molecule has 186 valence electrons. The van der Waals surface area contributed by atoms with Crippen molar-refractivity contribution in [1.29, 1.82) is 0 Å². The summed E-state index contributed by atoms with van der Waals surface area (Å²) in [5.41, 5.74) is 9.99. The third-order valence-electron chi connectivity index (χ3n) is 5.99. The Morgan fingerprint density at radius 2 is 2.06 bits per heavy atom. The number of nitrogen functional groups attached to an aromatic ring is 1. The molecule has 0 unspecified atom stereocenters. The van der Waals surface area contributed by atoms with E-state index in [1.54, 1.807) is 23.7 Å². The number of hydrogen-bond acceptors (Lipinski definition) is 9. The summed E-state index contributed by atoms with van der Waals surface area (Å²) in [4.78, 5) is 27.6. The first-order valence-corrected chi connectivity index (χ1v) is 11.9. The number of rotatable bonds is 6. The zero-order chi connectivity index (χ0) is 24.8. The molecule has 10 heteroatoms. The summed E-state index contributed by atoms with van der Waals surface area (Å²) >= 11 is 0. The van der Waals surface area contributed by atoms with Crippen LogP contribution in [0.4, 0.5) is 11.8 Å². The fourth-order valence-corrected chi connectivity index (χ4v) is 3.95. The molecule has 1 saturated heterocycles. The van der Waals surface area contributed by atoms with E-state index >= 15 is 0 Å². The molecule has 3 heterocycles. The summed E-state index contributed by atoms with van der Waals surface area (Å²) in [6.45, 7) is 8.00. The maximum atomic E-state index is 11.7. The summed E-state index contributed by atoms with van der Waals surface area (Å²) in [6, 6.07) is 10.5. The number of morpholine rings is 1. The van der Waals surface area contributed by atoms with E-state index in [1.165, 1.54) is 0 Å².